The summed E-state index contributed by atoms with van der Waals surface area (Å²) in [6, 6.07) is 4.87. The number of halogens is 1. The summed E-state index contributed by atoms with van der Waals surface area (Å²) in [6.45, 7) is 13.6. The maximum Gasteiger partial charge on any atom is 0.407 e. The maximum absolute atomic E-state index is 15.5. The predicted octanol–water partition coefficient (Wildman–Crippen LogP) is 2.06. The van der Waals surface area contributed by atoms with E-state index < -0.39 is 101 Å². The van der Waals surface area contributed by atoms with Gasteiger partial charge in [0.05, 0.1) is 161 Å². The van der Waals surface area contributed by atoms with Gasteiger partial charge in [0.25, 0.3) is 5.56 Å². The number of cyclic esters (lactones) is 1. The normalized spacial score (nSPS) is 17.0. The van der Waals surface area contributed by atoms with Crippen molar-refractivity contribution in [3.63, 3.8) is 0 Å². The zero-order valence-corrected chi connectivity index (χ0v) is 59.7. The monoisotopic (exact) mass is 1460 g/mol. The van der Waals surface area contributed by atoms with Crippen molar-refractivity contribution in [1.82, 2.24) is 41.0 Å². The summed E-state index contributed by atoms with van der Waals surface area (Å²) in [5.41, 5.74) is 12.8. The van der Waals surface area contributed by atoms with Crippen LogP contribution in [0.25, 0.3) is 22.3 Å². The third-order valence-corrected chi connectivity index (χ3v) is 18.1. The number of amides is 8. The maximum atomic E-state index is 15.5. The number of hydrogen-bond acceptors (Lipinski definition) is 23. The molecule has 5 heterocycles. The molecule has 5 atom stereocenters. The highest BCUT2D eigenvalue weighted by molar-refractivity contribution is 5.99. The van der Waals surface area contributed by atoms with Gasteiger partial charge in [-0.1, -0.05) is 32.9 Å². The smallest absolute Gasteiger partial charge is 0.407 e. The van der Waals surface area contributed by atoms with Gasteiger partial charge in [-0.15, -0.1) is 0 Å². The molecule has 8 rings (SSSR count). The van der Waals surface area contributed by atoms with Crippen LogP contribution in [0, 0.1) is 18.7 Å². The number of ether oxygens (including phenoxy) is 11. The molecule has 2 aromatic heterocycles. The van der Waals surface area contributed by atoms with Gasteiger partial charge in [0.2, 0.25) is 29.5 Å². The Morgan fingerprint density at radius 1 is 0.760 bits per heavy atom. The summed E-state index contributed by atoms with van der Waals surface area (Å²) in [5.74, 6) is -4.62. The van der Waals surface area contributed by atoms with Crippen LogP contribution in [0.1, 0.15) is 111 Å². The Balaban J connectivity index is 0.716. The number of primary amides is 1. The first-order valence-electron chi connectivity index (χ1n) is 35.5. The number of likely N-dealkylation sites (tertiary alicyclic amines) is 1. The van der Waals surface area contributed by atoms with Crippen LogP contribution in [0.4, 0.5) is 19.7 Å². The Hall–Kier alpha value is -8.35. The molecule has 3 aliphatic heterocycles. The summed E-state index contributed by atoms with van der Waals surface area (Å²) in [4.78, 5) is 126. The molecule has 0 saturated carbocycles. The van der Waals surface area contributed by atoms with Gasteiger partial charge < -0.3 is 110 Å². The Morgan fingerprint density at radius 3 is 1.93 bits per heavy atom. The molecule has 8 amide bonds. The first-order valence-corrected chi connectivity index (χ1v) is 35.5. The average molecular weight is 1460 g/mol. The Morgan fingerprint density at radius 2 is 1.36 bits per heavy atom. The zero-order valence-electron chi connectivity index (χ0n) is 59.7. The van der Waals surface area contributed by atoms with Crippen LogP contribution in [-0.2, 0) is 113 Å². The van der Waals surface area contributed by atoms with Gasteiger partial charge in [-0.2, -0.15) is 0 Å². The van der Waals surface area contributed by atoms with E-state index in [1.807, 2.05) is 0 Å². The molecule has 0 spiro atoms. The third-order valence-electron chi connectivity index (χ3n) is 18.1. The summed E-state index contributed by atoms with van der Waals surface area (Å²) in [5, 5.41) is 28.4. The van der Waals surface area contributed by atoms with Crippen molar-refractivity contribution in [3.05, 3.63) is 91.5 Å². The van der Waals surface area contributed by atoms with Gasteiger partial charge in [-0.3, -0.25) is 28.8 Å². The minimum Gasteiger partial charge on any atom is -0.458 e. The van der Waals surface area contributed by atoms with Crippen molar-refractivity contribution in [2.75, 3.05) is 150 Å². The Labute approximate surface area is 602 Å². The molecule has 33 heteroatoms. The van der Waals surface area contributed by atoms with E-state index in [2.05, 4.69) is 31.9 Å². The molecule has 1 fully saturated rings. The van der Waals surface area contributed by atoms with E-state index in [4.69, 9.17) is 68.6 Å². The van der Waals surface area contributed by atoms with Crippen LogP contribution in [0.15, 0.2) is 41.2 Å². The molecular formula is C71H100FN11O21. The number of aliphatic hydroxyl groups is 1. The van der Waals surface area contributed by atoms with E-state index in [1.165, 1.54) is 15.5 Å². The van der Waals surface area contributed by atoms with Crippen molar-refractivity contribution in [1.29, 1.82) is 0 Å². The molecule has 572 valence electrons. The highest BCUT2D eigenvalue weighted by Crippen LogP contribution is 2.46. The molecule has 0 radical (unpaired) electrons. The van der Waals surface area contributed by atoms with E-state index >= 15 is 4.39 Å². The number of aryl methyl sites for hydroxylation is 1. The molecule has 0 bridgehead atoms. The van der Waals surface area contributed by atoms with E-state index in [9.17, 15) is 48.3 Å². The van der Waals surface area contributed by atoms with Crippen LogP contribution in [-0.4, -0.2) is 230 Å². The number of benzene rings is 2. The molecule has 1 aliphatic carbocycles. The number of fused-ring (bicyclic) bond motifs is 5. The Bertz CT molecular complexity index is 3640. The van der Waals surface area contributed by atoms with Gasteiger partial charge in [0.1, 0.15) is 37.2 Å². The molecule has 1 unspecified atom stereocenters. The van der Waals surface area contributed by atoms with E-state index in [0.717, 1.165) is 5.56 Å². The van der Waals surface area contributed by atoms with Crippen LogP contribution in [0.5, 0.6) is 0 Å². The molecule has 2 aromatic carbocycles. The summed E-state index contributed by atoms with van der Waals surface area (Å²) < 4.78 is 77.2. The predicted molar refractivity (Wildman–Crippen MR) is 373 cm³/mol. The number of urea groups is 1. The molecule has 104 heavy (non-hydrogen) atoms. The van der Waals surface area contributed by atoms with Crippen LogP contribution in [0.2, 0.25) is 0 Å². The van der Waals surface area contributed by atoms with Crippen LogP contribution < -0.4 is 48.9 Å². The number of nitrogens with two attached hydrogens (primary N) is 2. The number of nitrogens with zero attached hydrogens (tertiary/aromatic N) is 3. The molecule has 1 saturated heterocycles. The standard InChI is InChI=1S/C71H100FN11O21/c1-5-71(93)51-38-57-63-49(41-83(57)67(89)50(51)43-103-68(71)90)61-53(15-14-48-45(4)52(72)39-55(78-63)60(48)61)80-70(92)104-42-46-10-12-47(13-11-46)77-65(87)56-9-7-19-82(56)59(85)40-76-64(86)54(8-6-18-75-69(74)91)79-66(88)62(44(2)3)81-58(84)16-20-94-22-24-96-26-28-98-30-32-100-34-36-102-37-35-101-33-31-99-29-27-97-25-23-95-21-17-73/h10-13,38-39,44,53-54,56,62,93H,5-9,14-37,40-43,73H2,1-4H3,(H,76,86)(H,77,87)(H,79,88)(H,80,92)(H,81,84)(H3,74,75,91)/t53-,54-,56-,62?,71-/m0/s1. The van der Waals surface area contributed by atoms with Crippen LogP contribution >= 0.6 is 0 Å². The first-order chi connectivity index (χ1) is 50.2. The summed E-state index contributed by atoms with van der Waals surface area (Å²) in [7, 11) is 0. The van der Waals surface area contributed by atoms with Gasteiger partial charge >= 0.3 is 18.1 Å². The van der Waals surface area contributed by atoms with Crippen LogP contribution in [0.3, 0.4) is 0 Å². The van der Waals surface area contributed by atoms with Crippen molar-refractivity contribution in [3.8, 4) is 11.4 Å². The fraction of sp³-hybridized carbons (Fsp3) is 0.606. The number of carbonyl (C=O) groups excluding carboxylic acids is 8. The first kappa shape index (κ1) is 81.3. The van der Waals surface area contributed by atoms with Gasteiger partial charge in [-0.05, 0) is 98.2 Å². The number of rotatable bonds is 46. The third kappa shape index (κ3) is 22.8. The lowest BCUT2D eigenvalue weighted by Crippen LogP contribution is -2.56. The highest BCUT2D eigenvalue weighted by atomic mass is 19.1. The fourth-order valence-electron chi connectivity index (χ4n) is 12.6. The molecule has 11 N–H and O–H groups in total. The number of anilines is 1. The van der Waals surface area contributed by atoms with Crippen molar-refractivity contribution >= 4 is 64.2 Å². The average Bonchev–Trinajstić information content (AvgIpc) is 1.50. The second-order valence-corrected chi connectivity index (χ2v) is 25.6. The topological polar surface area (TPSA) is 421 Å². The number of aromatic nitrogens is 2. The second-order valence-electron chi connectivity index (χ2n) is 25.6. The van der Waals surface area contributed by atoms with Crippen molar-refractivity contribution in [2.45, 2.75) is 129 Å². The number of pyridine rings is 2. The summed E-state index contributed by atoms with van der Waals surface area (Å²) >= 11 is 0. The number of carbonyl (C=O) groups is 8. The van der Waals surface area contributed by atoms with Crippen molar-refractivity contribution < 1.29 is 100.0 Å². The zero-order chi connectivity index (χ0) is 74.5. The lowest BCUT2D eigenvalue weighted by atomic mass is 9.81. The van der Waals surface area contributed by atoms with E-state index in [-0.39, 0.29) is 89.5 Å². The van der Waals surface area contributed by atoms with E-state index in [1.54, 1.807) is 58.0 Å². The highest BCUT2D eigenvalue weighted by Gasteiger charge is 2.46. The van der Waals surface area contributed by atoms with Gasteiger partial charge in [0.15, 0.2) is 5.60 Å². The Kier molecular flexibility index (Phi) is 32.4. The van der Waals surface area contributed by atoms with E-state index in [0.29, 0.717) is 182 Å². The number of hydrogen-bond donors (Lipinski definition) is 9. The second kappa shape index (κ2) is 41.4. The minimum atomic E-state index is -2.05. The molecule has 4 aliphatic rings. The summed E-state index contributed by atoms with van der Waals surface area (Å²) in [6.07, 6.45) is 0.951. The number of alkyl carbamates (subject to hydrolysis) is 1. The molecule has 4 aromatic rings. The SMILES string of the molecule is CC[C@@]1(O)C(=O)OCc2c1cc1n(c2=O)Cc2c-1nc1cc(F)c(C)c3c1c2[C@@H](NC(=O)OCc1ccc(NC(=O)[C@@H]2CCCN2C(=O)CNC(=O)[C@H](CCCNC(N)=O)NC(=O)C(NC(=O)CCOCCOCCOCCOCCOCCOCCOCCOCCOCCN)C(C)C)cc1)CC3. The lowest BCUT2D eigenvalue weighted by molar-refractivity contribution is -0.172. The number of esters is 1. The largest absolute Gasteiger partial charge is 0.458 e. The van der Waals surface area contributed by atoms with Crippen molar-refractivity contribution in [2.24, 2.45) is 17.4 Å². The molecular weight excluding hydrogens is 1360 g/mol. The minimum absolute atomic E-state index is 0.0164. The lowest BCUT2D eigenvalue weighted by Gasteiger charge is -2.31. The molecule has 32 nitrogen and oxygen atoms in total. The van der Waals surface area contributed by atoms with Gasteiger partial charge in [-0.25, -0.2) is 23.8 Å². The number of nitrogens with one attached hydrogen (secondary N) is 6. The van der Waals surface area contributed by atoms with Gasteiger partial charge in [0, 0.05) is 54.3 Å². The quantitative estimate of drug-likeness (QED) is 0.0199. The fourth-order valence-corrected chi connectivity index (χ4v) is 12.6.